The molecular weight excluding hydrogens is 957 g/mol. The largest absolute Gasteiger partial charge is 0.462 e. The van der Waals surface area contributed by atoms with Crippen molar-refractivity contribution in [3.8, 4) is 0 Å². The van der Waals surface area contributed by atoms with Crippen molar-refractivity contribution in [3.05, 3.63) is 109 Å². The minimum Gasteiger partial charge on any atom is -0.462 e. The molecule has 0 aliphatic rings. The van der Waals surface area contributed by atoms with Crippen molar-refractivity contribution in [2.24, 2.45) is 0 Å². The first-order valence-corrected chi connectivity index (χ1v) is 33.4. The molecule has 1 atom stereocenters. The smallest absolute Gasteiger partial charge is 0.306 e. The number of esters is 2. The summed E-state index contributed by atoms with van der Waals surface area (Å²) in [5.41, 5.74) is 0. The van der Waals surface area contributed by atoms with Crippen LogP contribution in [0.15, 0.2) is 109 Å². The van der Waals surface area contributed by atoms with E-state index in [1.807, 2.05) is 0 Å². The van der Waals surface area contributed by atoms with Crippen LogP contribution in [0.4, 0.5) is 0 Å². The van der Waals surface area contributed by atoms with Gasteiger partial charge < -0.3 is 14.6 Å². The molecule has 0 saturated carbocycles. The number of hydrogen-bond acceptors (Lipinski definition) is 5. The first-order valence-electron chi connectivity index (χ1n) is 33.4. The Hall–Kier alpha value is -3.44. The average Bonchev–Trinajstić information content (AvgIpc) is 3.44. The molecule has 0 saturated heterocycles. The van der Waals surface area contributed by atoms with Crippen molar-refractivity contribution in [1.29, 1.82) is 0 Å². The van der Waals surface area contributed by atoms with Crippen molar-refractivity contribution in [2.75, 3.05) is 13.2 Å². The number of rotatable bonds is 61. The highest BCUT2D eigenvalue weighted by atomic mass is 16.6. The summed E-state index contributed by atoms with van der Waals surface area (Å²) >= 11 is 0. The van der Waals surface area contributed by atoms with Crippen molar-refractivity contribution in [1.82, 2.24) is 0 Å². The van der Waals surface area contributed by atoms with E-state index in [9.17, 15) is 14.7 Å². The van der Waals surface area contributed by atoms with Gasteiger partial charge in [-0.1, -0.05) is 322 Å². The Morgan fingerprint density at radius 3 is 0.769 bits per heavy atom. The zero-order chi connectivity index (χ0) is 56.2. The normalized spacial score (nSPS) is 12.9. The third-order valence-corrected chi connectivity index (χ3v) is 14.6. The first kappa shape index (κ1) is 74.6. The van der Waals surface area contributed by atoms with Gasteiger partial charge in [-0.15, -0.1) is 0 Å². The van der Waals surface area contributed by atoms with E-state index < -0.39 is 6.10 Å². The predicted octanol–water partition coefficient (Wildman–Crippen LogP) is 23.2. The lowest BCUT2D eigenvalue weighted by Gasteiger charge is -2.15. The molecule has 0 aliphatic carbocycles. The van der Waals surface area contributed by atoms with Crippen molar-refractivity contribution in [3.63, 3.8) is 0 Å². The molecule has 0 aromatic heterocycles. The molecule has 78 heavy (non-hydrogen) atoms. The molecule has 0 amide bonds. The minimum atomic E-state index is -0.777. The SMILES string of the molecule is CC/C=C\C/C=C\C/C=C\C/C=C\C/C=C\CCCCCCCCCCCCCCCCCCCC(=O)OC(CO)COC(=O)CCCCCCCCCCCCCCCCCCCC/C=C\C/C=C\C/C=C\C/C=C\CC. The second-order valence-corrected chi connectivity index (χ2v) is 22.1. The second kappa shape index (κ2) is 67.8. The highest BCUT2D eigenvalue weighted by molar-refractivity contribution is 5.70. The molecule has 0 fully saturated rings. The third-order valence-electron chi connectivity index (χ3n) is 14.6. The van der Waals surface area contributed by atoms with Gasteiger partial charge >= 0.3 is 11.9 Å². The number of allylic oxidation sites excluding steroid dienone is 18. The summed E-state index contributed by atoms with van der Waals surface area (Å²) in [6.45, 7) is 3.95. The predicted molar refractivity (Wildman–Crippen MR) is 343 cm³/mol. The van der Waals surface area contributed by atoms with Crippen molar-refractivity contribution < 1.29 is 24.2 Å². The van der Waals surface area contributed by atoms with E-state index in [2.05, 4.69) is 123 Å². The molecule has 448 valence electrons. The summed E-state index contributed by atoms with van der Waals surface area (Å²) in [7, 11) is 0. The molecule has 5 heteroatoms. The summed E-state index contributed by atoms with van der Waals surface area (Å²) in [6.07, 6.45) is 98.2. The van der Waals surface area contributed by atoms with Crippen molar-refractivity contribution >= 4 is 11.9 Å². The van der Waals surface area contributed by atoms with Gasteiger partial charge in [-0.05, 0) is 96.3 Å². The fourth-order valence-electron chi connectivity index (χ4n) is 9.64. The summed E-state index contributed by atoms with van der Waals surface area (Å²) in [5, 5.41) is 9.70. The lowest BCUT2D eigenvalue weighted by Crippen LogP contribution is -2.28. The number of ether oxygens (including phenoxy) is 2. The summed E-state index contributed by atoms with van der Waals surface area (Å²) in [5.74, 6) is -0.579. The highest BCUT2D eigenvalue weighted by Gasteiger charge is 2.16. The van der Waals surface area contributed by atoms with Crippen LogP contribution in [-0.2, 0) is 19.1 Å². The fraction of sp³-hybridized carbons (Fsp3) is 0.726. The van der Waals surface area contributed by atoms with E-state index >= 15 is 0 Å². The number of aliphatic hydroxyl groups excluding tert-OH is 1. The highest BCUT2D eigenvalue weighted by Crippen LogP contribution is 2.18. The van der Waals surface area contributed by atoms with Gasteiger partial charge in [0.15, 0.2) is 6.10 Å². The standard InChI is InChI=1S/C73H126O5/c1-3-5-7-9-11-13-15-17-19-21-23-25-27-29-31-33-35-36-38-40-42-44-46-48-50-52-54-56-58-60-62-64-66-68-73(76)78-71(69-74)70-77-72(75)67-65-63-61-59-57-55-53-51-49-47-45-43-41-39-37-34-32-30-28-26-24-22-20-18-16-14-12-10-8-6-4-2/h5-8,11-14,17-20,23-26,29,31,71,74H,3-4,9-10,15-16,21-22,27-28,30,32-70H2,1-2H3/b7-5-,8-6-,13-11-,14-12-,19-17-,20-18-,25-23-,26-24-,31-29-. The summed E-state index contributed by atoms with van der Waals surface area (Å²) in [6, 6.07) is 0. The van der Waals surface area contributed by atoms with Crippen LogP contribution in [0.5, 0.6) is 0 Å². The number of hydrogen-bond donors (Lipinski definition) is 1. The van der Waals surface area contributed by atoms with Crippen LogP contribution in [-0.4, -0.2) is 36.4 Å². The van der Waals surface area contributed by atoms with Crippen LogP contribution in [0.3, 0.4) is 0 Å². The van der Waals surface area contributed by atoms with E-state index in [4.69, 9.17) is 9.47 Å². The molecule has 0 aromatic carbocycles. The van der Waals surface area contributed by atoms with E-state index in [0.29, 0.717) is 12.8 Å². The Balaban J connectivity index is 3.44. The Labute approximate surface area is 484 Å². The van der Waals surface area contributed by atoms with Gasteiger partial charge in [-0.3, -0.25) is 9.59 Å². The molecule has 0 aromatic rings. The number of carbonyl (C=O) groups is 2. The molecule has 0 bridgehead atoms. The van der Waals surface area contributed by atoms with Gasteiger partial charge in [-0.2, -0.15) is 0 Å². The van der Waals surface area contributed by atoms with Crippen LogP contribution in [0, 0.1) is 0 Å². The molecule has 5 nitrogen and oxygen atoms in total. The monoisotopic (exact) mass is 1080 g/mol. The lowest BCUT2D eigenvalue weighted by atomic mass is 10.0. The van der Waals surface area contributed by atoms with Crippen LogP contribution in [0.25, 0.3) is 0 Å². The molecule has 1 N–H and O–H groups in total. The van der Waals surface area contributed by atoms with E-state index in [-0.39, 0.29) is 25.2 Å². The maximum atomic E-state index is 12.4. The quantitative estimate of drug-likeness (QED) is 0.0373. The minimum absolute atomic E-state index is 0.0659. The van der Waals surface area contributed by atoms with Gasteiger partial charge in [0.2, 0.25) is 0 Å². The van der Waals surface area contributed by atoms with Gasteiger partial charge in [0.1, 0.15) is 6.61 Å². The van der Waals surface area contributed by atoms with Crippen LogP contribution < -0.4 is 0 Å². The fourth-order valence-corrected chi connectivity index (χ4v) is 9.64. The number of aliphatic hydroxyl groups is 1. The number of unbranched alkanes of at least 4 members (excludes halogenated alkanes) is 35. The van der Waals surface area contributed by atoms with E-state index in [1.165, 1.54) is 199 Å². The molecule has 0 aliphatic heterocycles. The van der Waals surface area contributed by atoms with Crippen LogP contribution in [0.1, 0.15) is 322 Å². The van der Waals surface area contributed by atoms with Gasteiger partial charge in [-0.25, -0.2) is 0 Å². The van der Waals surface area contributed by atoms with Crippen molar-refractivity contribution in [2.45, 2.75) is 328 Å². The molecule has 0 heterocycles. The molecular formula is C73H126O5. The zero-order valence-electron chi connectivity index (χ0n) is 51.4. The Morgan fingerprint density at radius 1 is 0.295 bits per heavy atom. The first-order chi connectivity index (χ1) is 38.6. The Bertz CT molecular complexity index is 1510. The van der Waals surface area contributed by atoms with Gasteiger partial charge in [0.25, 0.3) is 0 Å². The summed E-state index contributed by atoms with van der Waals surface area (Å²) in [4.78, 5) is 24.6. The second-order valence-electron chi connectivity index (χ2n) is 22.1. The maximum absolute atomic E-state index is 12.4. The van der Waals surface area contributed by atoms with E-state index in [1.54, 1.807) is 0 Å². The van der Waals surface area contributed by atoms with Crippen LogP contribution >= 0.6 is 0 Å². The van der Waals surface area contributed by atoms with Gasteiger partial charge in [0, 0.05) is 12.8 Å². The molecule has 1 unspecified atom stereocenters. The molecule has 0 radical (unpaired) electrons. The average molecular weight is 1080 g/mol. The molecule has 0 spiro atoms. The maximum Gasteiger partial charge on any atom is 0.306 e. The third kappa shape index (κ3) is 65.1. The Morgan fingerprint density at radius 2 is 0.513 bits per heavy atom. The van der Waals surface area contributed by atoms with E-state index in [0.717, 1.165) is 96.3 Å². The summed E-state index contributed by atoms with van der Waals surface area (Å²) < 4.78 is 10.8. The van der Waals surface area contributed by atoms with Gasteiger partial charge in [0.05, 0.1) is 6.61 Å². The Kier molecular flexibility index (Phi) is 64.8. The van der Waals surface area contributed by atoms with Crippen LogP contribution in [0.2, 0.25) is 0 Å². The topological polar surface area (TPSA) is 72.8 Å². The number of carbonyl (C=O) groups excluding carboxylic acids is 2. The molecule has 0 rings (SSSR count). The zero-order valence-corrected chi connectivity index (χ0v) is 51.4. The lowest BCUT2D eigenvalue weighted by molar-refractivity contribution is -0.161.